The molecule has 4 rings (SSSR count). The summed E-state index contributed by atoms with van der Waals surface area (Å²) < 4.78 is 60.6. The molecule has 1 aliphatic rings. The van der Waals surface area contributed by atoms with Crippen molar-refractivity contribution < 1.29 is 31.3 Å². The minimum absolute atomic E-state index is 0.189. The van der Waals surface area contributed by atoms with Crippen molar-refractivity contribution in [2.45, 2.75) is 31.9 Å². The van der Waals surface area contributed by atoms with Gasteiger partial charge in [0.25, 0.3) is 0 Å². The molecule has 6 nitrogen and oxygen atoms in total. The van der Waals surface area contributed by atoms with E-state index in [1.165, 1.54) is 23.3 Å². The Labute approximate surface area is 162 Å². The number of hydrogen-bond acceptors (Lipinski definition) is 5. The molecule has 1 fully saturated rings. The number of carbonyl (C=O) groups is 1. The molecule has 29 heavy (non-hydrogen) atoms. The van der Waals surface area contributed by atoms with Crippen molar-refractivity contribution in [2.75, 3.05) is 0 Å². The Morgan fingerprint density at radius 2 is 1.90 bits per heavy atom. The number of rotatable bonds is 6. The fraction of sp³-hybridized carbons (Fsp3) is 0.316. The maximum atomic E-state index is 13.4. The van der Waals surface area contributed by atoms with Gasteiger partial charge in [0, 0.05) is 12.1 Å². The summed E-state index contributed by atoms with van der Waals surface area (Å²) in [5.74, 6) is -1.98. The van der Waals surface area contributed by atoms with Gasteiger partial charge in [-0.25, -0.2) is 4.39 Å². The van der Waals surface area contributed by atoms with E-state index >= 15 is 0 Å². The van der Waals surface area contributed by atoms with Gasteiger partial charge in [0.05, 0.1) is 18.7 Å². The monoisotopic (exact) mass is 409 g/mol. The van der Waals surface area contributed by atoms with E-state index in [9.17, 15) is 22.4 Å². The lowest BCUT2D eigenvalue weighted by molar-refractivity contribution is -0.159. The van der Waals surface area contributed by atoms with Crippen LogP contribution in [0.15, 0.2) is 51.6 Å². The van der Waals surface area contributed by atoms with Crippen molar-refractivity contribution >= 4 is 5.91 Å². The van der Waals surface area contributed by atoms with Crippen molar-refractivity contribution in [3.05, 3.63) is 59.9 Å². The molecule has 2 atom stereocenters. The van der Waals surface area contributed by atoms with Crippen molar-refractivity contribution in [1.29, 1.82) is 0 Å². The molecule has 2 unspecified atom stereocenters. The van der Waals surface area contributed by atoms with E-state index < -0.39 is 24.2 Å². The Morgan fingerprint density at radius 3 is 2.45 bits per heavy atom. The minimum atomic E-state index is -4.71. The smallest absolute Gasteiger partial charge is 0.467 e. The molecule has 1 aromatic carbocycles. The number of hydrogen-bond donors (Lipinski definition) is 0. The molecule has 0 radical (unpaired) electrons. The molecule has 1 aliphatic carbocycles. The zero-order valence-corrected chi connectivity index (χ0v) is 14.9. The fourth-order valence-electron chi connectivity index (χ4n) is 2.89. The van der Waals surface area contributed by atoms with Crippen LogP contribution in [0.4, 0.5) is 17.6 Å². The minimum Gasteiger partial charge on any atom is -0.467 e. The summed E-state index contributed by atoms with van der Waals surface area (Å²) in [5, 5.41) is 3.34. The van der Waals surface area contributed by atoms with Gasteiger partial charge >= 0.3 is 12.1 Å². The molecule has 0 saturated heterocycles. The number of halogens is 4. The Hall–Kier alpha value is -3.17. The first-order valence-corrected chi connectivity index (χ1v) is 8.77. The first-order valence-electron chi connectivity index (χ1n) is 8.77. The topological polar surface area (TPSA) is 72.4 Å². The van der Waals surface area contributed by atoms with Crippen LogP contribution in [-0.4, -0.2) is 27.1 Å². The highest BCUT2D eigenvalue weighted by Gasteiger charge is 2.45. The number of amides is 1. The summed E-state index contributed by atoms with van der Waals surface area (Å²) in [6, 6.07) is 9.76. The number of aromatic nitrogens is 2. The maximum absolute atomic E-state index is 13.4. The van der Waals surface area contributed by atoms with E-state index in [2.05, 4.69) is 14.7 Å². The third-order valence-corrected chi connectivity index (χ3v) is 4.52. The summed E-state index contributed by atoms with van der Waals surface area (Å²) in [4.78, 5) is 17.4. The second kappa shape index (κ2) is 7.34. The van der Waals surface area contributed by atoms with Crippen LogP contribution in [0, 0.1) is 5.92 Å². The number of benzene rings is 1. The highest BCUT2D eigenvalue weighted by molar-refractivity contribution is 5.82. The van der Waals surface area contributed by atoms with Gasteiger partial charge in [0.2, 0.25) is 11.7 Å². The zero-order chi connectivity index (χ0) is 20.6. The Balaban J connectivity index is 1.49. The van der Waals surface area contributed by atoms with Crippen molar-refractivity contribution in [3.63, 3.8) is 0 Å². The predicted octanol–water partition coefficient (Wildman–Crippen LogP) is 4.24. The fourth-order valence-corrected chi connectivity index (χ4v) is 2.89. The number of furan rings is 1. The summed E-state index contributed by atoms with van der Waals surface area (Å²) >= 11 is 0. The van der Waals surface area contributed by atoms with Crippen LogP contribution in [0.1, 0.15) is 23.6 Å². The van der Waals surface area contributed by atoms with Crippen molar-refractivity contribution in [1.82, 2.24) is 15.0 Å². The van der Waals surface area contributed by atoms with E-state index in [-0.39, 0.29) is 31.2 Å². The molecule has 1 saturated carbocycles. The molecule has 0 N–H and O–H groups in total. The third-order valence-electron chi connectivity index (χ3n) is 4.52. The predicted molar refractivity (Wildman–Crippen MR) is 90.7 cm³/mol. The van der Waals surface area contributed by atoms with Gasteiger partial charge in [0.15, 0.2) is 0 Å². The van der Waals surface area contributed by atoms with E-state index in [0.29, 0.717) is 16.9 Å². The van der Waals surface area contributed by atoms with Gasteiger partial charge < -0.3 is 13.8 Å². The molecule has 1 amide bonds. The van der Waals surface area contributed by atoms with Gasteiger partial charge in [-0.05, 0) is 24.1 Å². The Kier molecular flexibility index (Phi) is 4.85. The number of alkyl halides is 4. The molecule has 2 aromatic heterocycles. The lowest BCUT2D eigenvalue weighted by Crippen LogP contribution is -2.31. The summed E-state index contributed by atoms with van der Waals surface area (Å²) in [6.45, 7) is 0.389. The molecule has 2 heterocycles. The lowest BCUT2D eigenvalue weighted by Gasteiger charge is -2.22. The number of carbonyl (C=O) groups excluding carboxylic acids is 1. The van der Waals surface area contributed by atoms with E-state index in [0.717, 1.165) is 0 Å². The maximum Gasteiger partial charge on any atom is 0.471 e. The highest BCUT2D eigenvalue weighted by atomic mass is 19.4. The van der Waals surface area contributed by atoms with Crippen LogP contribution in [0.25, 0.3) is 11.4 Å². The Bertz CT molecular complexity index is 983. The zero-order valence-electron chi connectivity index (χ0n) is 14.9. The molecular formula is C19H15F4N3O3. The largest absolute Gasteiger partial charge is 0.471 e. The molecule has 10 heteroatoms. The second-order valence-electron chi connectivity index (χ2n) is 6.75. The molecule has 0 bridgehead atoms. The van der Waals surface area contributed by atoms with E-state index in [1.807, 2.05) is 0 Å². The standard InChI is InChI=1S/C19H15F4N3O3/c20-15-8-14(15)17(27)26(10-13-2-1-7-28-13)9-11-3-5-12(6-4-11)16-24-18(29-25-16)19(21,22)23/h1-7,14-15H,8-10H2. The lowest BCUT2D eigenvalue weighted by atomic mass is 10.1. The van der Waals surface area contributed by atoms with Crippen LogP contribution < -0.4 is 0 Å². The van der Waals surface area contributed by atoms with E-state index in [1.54, 1.807) is 24.3 Å². The number of nitrogens with zero attached hydrogens (tertiary/aromatic N) is 3. The average molecular weight is 409 g/mol. The van der Waals surface area contributed by atoms with Crippen LogP contribution in [0.2, 0.25) is 0 Å². The van der Waals surface area contributed by atoms with Crippen LogP contribution in [0.5, 0.6) is 0 Å². The van der Waals surface area contributed by atoms with Gasteiger partial charge in [-0.2, -0.15) is 18.2 Å². The van der Waals surface area contributed by atoms with Gasteiger partial charge in [0.1, 0.15) is 11.9 Å². The molecule has 0 aliphatic heterocycles. The van der Waals surface area contributed by atoms with Crippen molar-refractivity contribution in [3.8, 4) is 11.4 Å². The second-order valence-corrected chi connectivity index (χ2v) is 6.75. The van der Waals surface area contributed by atoms with Crippen LogP contribution in [-0.2, 0) is 24.1 Å². The summed E-state index contributed by atoms with van der Waals surface area (Å²) in [7, 11) is 0. The van der Waals surface area contributed by atoms with Gasteiger partial charge in [-0.15, -0.1) is 0 Å². The molecule has 0 spiro atoms. The molecular weight excluding hydrogens is 394 g/mol. The first-order chi connectivity index (χ1) is 13.8. The van der Waals surface area contributed by atoms with Crippen LogP contribution >= 0.6 is 0 Å². The first kappa shape index (κ1) is 19.2. The summed E-state index contributed by atoms with van der Waals surface area (Å²) in [5.41, 5.74) is 1.05. The SMILES string of the molecule is O=C(C1CC1F)N(Cc1ccc(-c2noc(C(F)(F)F)n2)cc1)Cc1ccco1. The van der Waals surface area contributed by atoms with Gasteiger partial charge in [-0.1, -0.05) is 29.4 Å². The Morgan fingerprint density at radius 1 is 1.17 bits per heavy atom. The average Bonchev–Trinajstić information content (AvgIpc) is 3.09. The quantitative estimate of drug-likeness (QED) is 0.570. The third kappa shape index (κ3) is 4.30. The van der Waals surface area contributed by atoms with E-state index in [4.69, 9.17) is 4.42 Å². The highest BCUT2D eigenvalue weighted by Crippen LogP contribution is 2.36. The molecule has 152 valence electrons. The normalized spacial score (nSPS) is 18.6. The van der Waals surface area contributed by atoms with Crippen LogP contribution in [0.3, 0.4) is 0 Å². The summed E-state index contributed by atoms with van der Waals surface area (Å²) in [6.07, 6.45) is -4.13. The molecule has 3 aromatic rings. The van der Waals surface area contributed by atoms with Gasteiger partial charge in [-0.3, -0.25) is 4.79 Å². The van der Waals surface area contributed by atoms with Crippen molar-refractivity contribution in [2.24, 2.45) is 5.92 Å².